The zero-order valence-corrected chi connectivity index (χ0v) is 6.75. The normalized spacial score (nSPS) is 21.5. The van der Waals surface area contributed by atoms with E-state index in [0.717, 1.165) is 5.92 Å². The van der Waals surface area contributed by atoms with Gasteiger partial charge in [-0.3, -0.25) is 10.2 Å². The van der Waals surface area contributed by atoms with E-state index >= 15 is 0 Å². The summed E-state index contributed by atoms with van der Waals surface area (Å²) < 4.78 is 0. The summed E-state index contributed by atoms with van der Waals surface area (Å²) in [6.45, 7) is 2.87. The number of hydrogen-bond donors (Lipinski definition) is 3. The Morgan fingerprint density at radius 1 is 1.82 bits per heavy atom. The van der Waals surface area contributed by atoms with Crippen LogP contribution in [0.25, 0.3) is 0 Å². The minimum absolute atomic E-state index is 0.109. The van der Waals surface area contributed by atoms with Crippen molar-refractivity contribution < 1.29 is 5.21 Å². The molecular formula is C7H15N3O. The van der Waals surface area contributed by atoms with Crippen LogP contribution in [0.3, 0.4) is 0 Å². The Bertz CT molecular complexity index is 154. The lowest BCUT2D eigenvalue weighted by molar-refractivity contribution is 0.232. The summed E-state index contributed by atoms with van der Waals surface area (Å²) in [6, 6.07) is 0. The van der Waals surface area contributed by atoms with Crippen LogP contribution in [0.5, 0.6) is 0 Å². The lowest BCUT2D eigenvalue weighted by Crippen LogP contribution is -2.29. The quantitative estimate of drug-likeness (QED) is 0.314. The van der Waals surface area contributed by atoms with Crippen molar-refractivity contribution in [2.45, 2.75) is 19.8 Å². The maximum absolute atomic E-state index is 8.30. The molecule has 0 heterocycles. The molecule has 0 amide bonds. The molecule has 0 saturated heterocycles. The van der Waals surface area contributed by atoms with Crippen LogP contribution in [-0.4, -0.2) is 17.7 Å². The third-order valence-electron chi connectivity index (χ3n) is 2.09. The van der Waals surface area contributed by atoms with Crippen LogP contribution in [0.1, 0.15) is 19.8 Å². The van der Waals surface area contributed by atoms with E-state index in [1.165, 1.54) is 12.8 Å². The highest BCUT2D eigenvalue weighted by atomic mass is 16.5. The molecule has 1 saturated carbocycles. The Labute approximate surface area is 66.5 Å². The van der Waals surface area contributed by atoms with Gasteiger partial charge in [-0.1, -0.05) is 6.92 Å². The lowest BCUT2D eigenvalue weighted by atomic mass is 10.1. The lowest BCUT2D eigenvalue weighted by Gasteiger charge is -2.05. The Morgan fingerprint density at radius 3 is 2.91 bits per heavy atom. The number of hydrogen-bond acceptors (Lipinski definition) is 2. The van der Waals surface area contributed by atoms with Crippen LogP contribution < -0.4 is 11.2 Å². The van der Waals surface area contributed by atoms with E-state index in [4.69, 9.17) is 10.9 Å². The van der Waals surface area contributed by atoms with Gasteiger partial charge >= 0.3 is 0 Å². The fourth-order valence-corrected chi connectivity index (χ4v) is 1.09. The summed E-state index contributed by atoms with van der Waals surface area (Å²) in [5.41, 5.74) is 7.04. The average Bonchev–Trinajstić information content (AvgIpc) is 2.81. The molecule has 1 aliphatic carbocycles. The summed E-state index contributed by atoms with van der Waals surface area (Å²) in [6.07, 6.45) is 2.65. The van der Waals surface area contributed by atoms with Gasteiger partial charge < -0.3 is 5.73 Å². The van der Waals surface area contributed by atoms with E-state index in [1.54, 1.807) is 0 Å². The van der Waals surface area contributed by atoms with Crippen LogP contribution in [0.4, 0.5) is 0 Å². The summed E-state index contributed by atoms with van der Waals surface area (Å²) in [4.78, 5) is 3.94. The van der Waals surface area contributed by atoms with Crippen molar-refractivity contribution in [2.75, 3.05) is 6.54 Å². The number of guanidine groups is 1. The van der Waals surface area contributed by atoms with Crippen molar-refractivity contribution in [1.29, 1.82) is 0 Å². The highest BCUT2D eigenvalue weighted by molar-refractivity contribution is 5.76. The first-order chi connectivity index (χ1) is 5.24. The van der Waals surface area contributed by atoms with E-state index in [9.17, 15) is 0 Å². The minimum Gasteiger partial charge on any atom is -0.368 e. The maximum Gasteiger partial charge on any atom is 0.212 e. The molecule has 4 N–H and O–H groups in total. The predicted molar refractivity (Wildman–Crippen MR) is 43.3 cm³/mol. The second kappa shape index (κ2) is 3.57. The number of nitrogens with zero attached hydrogens (tertiary/aromatic N) is 1. The van der Waals surface area contributed by atoms with Gasteiger partial charge in [0.2, 0.25) is 5.96 Å². The van der Waals surface area contributed by atoms with Crippen molar-refractivity contribution >= 4 is 5.96 Å². The molecule has 0 bridgehead atoms. The first kappa shape index (κ1) is 8.33. The van der Waals surface area contributed by atoms with Gasteiger partial charge in [0.1, 0.15) is 0 Å². The second-order valence-electron chi connectivity index (χ2n) is 3.15. The molecule has 1 rings (SSSR count). The highest BCUT2D eigenvalue weighted by Gasteiger charge is 2.27. The van der Waals surface area contributed by atoms with Gasteiger partial charge in [0, 0.05) is 6.54 Å². The minimum atomic E-state index is 0.109. The van der Waals surface area contributed by atoms with Crippen LogP contribution in [0, 0.1) is 11.8 Å². The second-order valence-corrected chi connectivity index (χ2v) is 3.15. The Hall–Kier alpha value is -0.770. The van der Waals surface area contributed by atoms with E-state index in [2.05, 4.69) is 11.9 Å². The molecular weight excluding hydrogens is 142 g/mol. The standard InChI is InChI=1S/C7H15N3O/c1-5(6-2-3-6)4-9-7(8)10-11/h5-6,11H,2-4H2,1H3,(H3,8,9,10). The van der Waals surface area contributed by atoms with E-state index in [-0.39, 0.29) is 5.96 Å². The molecule has 4 nitrogen and oxygen atoms in total. The van der Waals surface area contributed by atoms with Crippen molar-refractivity contribution in [3.63, 3.8) is 0 Å². The predicted octanol–water partition coefficient (Wildman–Crippen LogP) is 0.326. The van der Waals surface area contributed by atoms with Crippen molar-refractivity contribution in [2.24, 2.45) is 22.6 Å². The molecule has 0 aromatic rings. The molecule has 0 radical (unpaired) electrons. The summed E-state index contributed by atoms with van der Waals surface area (Å²) in [5, 5.41) is 8.30. The molecule has 1 unspecified atom stereocenters. The summed E-state index contributed by atoms with van der Waals surface area (Å²) in [5.74, 6) is 1.55. The SMILES string of the molecule is CC(CN=C(N)NO)C1CC1. The number of nitrogens with two attached hydrogens (primary N) is 1. The number of nitrogens with one attached hydrogen (secondary N) is 1. The van der Waals surface area contributed by atoms with E-state index < -0.39 is 0 Å². The molecule has 0 aromatic heterocycles. The van der Waals surface area contributed by atoms with Gasteiger partial charge in [0.15, 0.2) is 0 Å². The molecule has 64 valence electrons. The average molecular weight is 157 g/mol. The zero-order chi connectivity index (χ0) is 8.27. The smallest absolute Gasteiger partial charge is 0.212 e. The van der Waals surface area contributed by atoms with Crippen molar-refractivity contribution in [3.05, 3.63) is 0 Å². The highest BCUT2D eigenvalue weighted by Crippen LogP contribution is 2.36. The summed E-state index contributed by atoms with van der Waals surface area (Å²) >= 11 is 0. The molecule has 4 heteroatoms. The monoisotopic (exact) mass is 157 g/mol. The third kappa shape index (κ3) is 2.76. The third-order valence-corrected chi connectivity index (χ3v) is 2.09. The van der Waals surface area contributed by atoms with Gasteiger partial charge in [-0.2, -0.15) is 0 Å². The number of aliphatic imine (C=N–C) groups is 1. The maximum atomic E-state index is 8.30. The van der Waals surface area contributed by atoms with Crippen molar-refractivity contribution in [3.8, 4) is 0 Å². The van der Waals surface area contributed by atoms with Crippen molar-refractivity contribution in [1.82, 2.24) is 5.48 Å². The molecule has 0 aromatic carbocycles. The molecule has 1 fully saturated rings. The number of rotatable bonds is 3. The molecule has 1 atom stereocenters. The first-order valence-corrected chi connectivity index (χ1v) is 3.94. The Balaban J connectivity index is 2.18. The topological polar surface area (TPSA) is 70.6 Å². The largest absolute Gasteiger partial charge is 0.368 e. The van der Waals surface area contributed by atoms with E-state index in [0.29, 0.717) is 12.5 Å². The van der Waals surface area contributed by atoms with Gasteiger partial charge in [-0.25, -0.2) is 5.48 Å². The van der Waals surface area contributed by atoms with Crippen LogP contribution in [0.15, 0.2) is 4.99 Å². The summed E-state index contributed by atoms with van der Waals surface area (Å²) in [7, 11) is 0. The molecule has 11 heavy (non-hydrogen) atoms. The Morgan fingerprint density at radius 2 is 2.45 bits per heavy atom. The molecule has 0 aliphatic heterocycles. The fraction of sp³-hybridized carbons (Fsp3) is 0.857. The first-order valence-electron chi connectivity index (χ1n) is 3.94. The van der Waals surface area contributed by atoms with E-state index in [1.807, 2.05) is 5.48 Å². The van der Waals surface area contributed by atoms with Crippen LogP contribution >= 0.6 is 0 Å². The fourth-order valence-electron chi connectivity index (χ4n) is 1.09. The van der Waals surface area contributed by atoms with Crippen LogP contribution in [0.2, 0.25) is 0 Å². The number of hydroxylamine groups is 1. The van der Waals surface area contributed by atoms with Gasteiger partial charge in [-0.05, 0) is 24.7 Å². The van der Waals surface area contributed by atoms with Gasteiger partial charge in [0.05, 0.1) is 0 Å². The van der Waals surface area contributed by atoms with Crippen LogP contribution in [-0.2, 0) is 0 Å². The van der Waals surface area contributed by atoms with Gasteiger partial charge in [0.25, 0.3) is 0 Å². The Kier molecular flexibility index (Phi) is 2.70. The van der Waals surface area contributed by atoms with Gasteiger partial charge in [-0.15, -0.1) is 0 Å². The molecule has 1 aliphatic rings. The zero-order valence-electron chi connectivity index (χ0n) is 6.75. The molecule has 0 spiro atoms.